The van der Waals surface area contributed by atoms with Crippen LogP contribution in [0.1, 0.15) is 114 Å². The normalized spacial score (nSPS) is 29.3. The average Bonchev–Trinajstić information content (AvgIpc) is 1.64. The van der Waals surface area contributed by atoms with Gasteiger partial charge in [-0.2, -0.15) is 0 Å². The van der Waals surface area contributed by atoms with E-state index in [-0.39, 0.29) is 140 Å². The predicted octanol–water partition coefficient (Wildman–Crippen LogP) is -0.0811. The molecule has 10 aliphatic heterocycles. The molecule has 5 fully saturated rings. The molecule has 5 saturated heterocycles. The minimum atomic E-state index is -2.67. The third kappa shape index (κ3) is 25.5. The van der Waals surface area contributed by atoms with Crippen molar-refractivity contribution in [2.75, 3.05) is 102 Å². The minimum Gasteiger partial charge on any atom is -0.773 e. The fourth-order valence-electron chi connectivity index (χ4n) is 14.6. The Bertz CT molecular complexity index is 4850. The molecule has 2 aromatic heterocycles. The zero-order chi connectivity index (χ0) is 92.0. The number of hydroxylamine groups is 2. The number of aliphatic hydroxyl groups is 2. The Labute approximate surface area is 715 Å². The van der Waals surface area contributed by atoms with Gasteiger partial charge >= 0.3 is 11.4 Å². The second kappa shape index (κ2) is 46.4. The predicted molar refractivity (Wildman–Crippen MR) is 432 cm³/mol. The third-order valence-electron chi connectivity index (χ3n) is 20.9. The van der Waals surface area contributed by atoms with Gasteiger partial charge in [0.15, 0.2) is 48.5 Å². The standard InChI is InChI=1S/C20H20N2O7.C13H19NO5.C13H19NO4.C12H18N2O5.C10H14N2O6.C9H7NO2.C2H6O2S.CH4O2S/c1-11-15(10-28-22-18(25)13-5-3-4-6-14(13)19(22)26)29-20(17(11)27-2)21-8-7-12(23)9-16(21)24;1-8-10(7-17-2)19-13(12(8)18-3)14-5-4-9(15)6-11(14)16;1-4-10-8(2)12(17-3)13(18-10)14-6-5-9(15)7-11(14)16;1-7-8(6-17-2)19-11(10(7)18-3)14-5-4-9(15)13-12(14)16;1-17-4-5-7(14)8(15)9(18-5)12-3-2-6(13)11-10(12)16;1-10-8(11)6-4-2-3-5-7(6)9(10)12;1-5(2,3)4;1-4(2)3/h3-8,11,15,17,20H,9-10H2,1-2H3;4-5,8,10,12-13H,6-7H2,1-3H3;5-6,8,10,12-13H,4,7H2,1-3H3;4-5,7-8,10-11H,6H2,1-3H3,(H,13,15,16);2-3,5,7-9,14-15H,4H2,1H3,(H,11,13,16);2-5H,1H3;1-2H3;1H3,(H,2,3)/p-1/t11-,15-,17-,20-;2*8-,10-,12-,13-;7-,8-,10-,11-;5-,7-,8-,9-;;;/m11111.../s1. The molecule has 42 nitrogen and oxygen atoms in total. The molecule has 44 heteroatoms. The molecule has 7 amide bonds. The molecule has 4 N–H and O–H groups in total. The number of fused-ring (bicyclic) bond motifs is 2. The maximum Gasteiger partial charge on any atom is 0.330 e. The second-order valence-corrected chi connectivity index (χ2v) is 32.7. The number of hydrogen-bond donors (Lipinski definition) is 4. The van der Waals surface area contributed by atoms with Crippen LogP contribution in [0.2, 0.25) is 0 Å². The Morgan fingerprint density at radius 3 is 1.06 bits per heavy atom. The number of imide groups is 2. The van der Waals surface area contributed by atoms with Crippen LogP contribution in [0.25, 0.3) is 0 Å². The van der Waals surface area contributed by atoms with Crippen molar-refractivity contribution in [1.82, 2.24) is 43.8 Å². The molecule has 12 heterocycles. The topological polar surface area (TPSA) is 531 Å². The van der Waals surface area contributed by atoms with Crippen molar-refractivity contribution in [3.05, 3.63) is 174 Å². The quantitative estimate of drug-likeness (QED) is 0.0542. The highest BCUT2D eigenvalue weighted by Crippen LogP contribution is 2.39. The Hall–Kier alpha value is -9.82. The summed E-state index contributed by atoms with van der Waals surface area (Å²) in [6.45, 7) is 10.8. The maximum absolute atomic E-state index is 12.4. The first-order chi connectivity index (χ1) is 58.6. The number of methoxy groups -OCH3 is 7. The third-order valence-corrected chi connectivity index (χ3v) is 20.9. The molecule has 1 unspecified atom stereocenters. The van der Waals surface area contributed by atoms with Gasteiger partial charge in [0, 0.05) is 136 Å². The van der Waals surface area contributed by atoms with E-state index < -0.39 is 117 Å². The van der Waals surface area contributed by atoms with Crippen molar-refractivity contribution in [1.29, 1.82) is 0 Å². The van der Waals surface area contributed by atoms with E-state index in [2.05, 4.69) is 11.9 Å². The number of allylic oxidation sites excluding steroid dienone is 3. The molecule has 21 atom stereocenters. The summed E-state index contributed by atoms with van der Waals surface area (Å²) < 4.78 is 105. The number of ether oxygens (including phenoxy) is 12. The van der Waals surface area contributed by atoms with E-state index in [9.17, 15) is 85.8 Å². The van der Waals surface area contributed by atoms with Gasteiger partial charge in [0.2, 0.25) is 17.7 Å². The lowest BCUT2D eigenvalue weighted by Gasteiger charge is -2.30. The number of sulfone groups is 1. The van der Waals surface area contributed by atoms with Gasteiger partial charge < -0.3 is 71.6 Å². The maximum atomic E-state index is 12.4. The number of nitrogens with zero attached hydrogens (tertiary/aromatic N) is 7. The number of ketones is 3. The highest BCUT2D eigenvalue weighted by atomic mass is 32.2. The van der Waals surface area contributed by atoms with E-state index >= 15 is 0 Å². The number of carbonyl (C=O) groups excluding carboxylic acids is 10. The molecule has 14 rings (SSSR count). The Morgan fingerprint density at radius 1 is 0.452 bits per heavy atom. The monoisotopic (exact) mass is 1780 g/mol. The van der Waals surface area contributed by atoms with Gasteiger partial charge in [0.25, 0.3) is 34.7 Å². The first-order valence-corrected chi connectivity index (χ1v) is 42.5. The number of benzene rings is 2. The first-order valence-electron chi connectivity index (χ1n) is 38.7. The van der Waals surface area contributed by atoms with Crippen LogP contribution in [0.4, 0.5) is 0 Å². The summed E-state index contributed by atoms with van der Waals surface area (Å²) in [7, 11) is 9.76. The van der Waals surface area contributed by atoms with Crippen molar-refractivity contribution in [3.63, 3.8) is 0 Å². The number of hydrogen-bond acceptors (Lipinski definition) is 33. The summed E-state index contributed by atoms with van der Waals surface area (Å²) in [5.41, 5.74) is -0.609. The van der Waals surface area contributed by atoms with Crippen LogP contribution in [0, 0.1) is 23.7 Å². The second-order valence-electron chi connectivity index (χ2n) is 29.6. The average molecular weight is 1790 g/mol. The summed E-state index contributed by atoms with van der Waals surface area (Å²) in [5, 5.41) is 20.3. The summed E-state index contributed by atoms with van der Waals surface area (Å²) in [5.74, 6) is -2.74. The van der Waals surface area contributed by atoms with Crippen LogP contribution in [0.15, 0.2) is 129 Å². The largest absolute Gasteiger partial charge is 0.773 e. The molecule has 682 valence electrons. The zero-order valence-electron chi connectivity index (χ0n) is 71.1. The number of carbonyl (C=O) groups is 10. The van der Waals surface area contributed by atoms with Gasteiger partial charge in [0.1, 0.15) is 59.2 Å². The molecular weight excluding hydrogens is 1680 g/mol. The van der Waals surface area contributed by atoms with Crippen LogP contribution < -0.4 is 22.5 Å². The van der Waals surface area contributed by atoms with Crippen molar-refractivity contribution < 1.29 is 137 Å². The van der Waals surface area contributed by atoms with E-state index in [1.54, 1.807) is 84.1 Å². The lowest BCUT2D eigenvalue weighted by molar-refractivity contribution is -0.158. The zero-order valence-corrected chi connectivity index (χ0v) is 72.7. The van der Waals surface area contributed by atoms with Crippen LogP contribution in [-0.4, -0.2) is 318 Å². The minimum absolute atomic E-state index is 0.0757. The summed E-state index contributed by atoms with van der Waals surface area (Å²) >= 11 is -1.86. The molecule has 124 heavy (non-hydrogen) atoms. The SMILES string of the molecule is CC[C@H]1O[C@@H](N2C=CC(=O)CC2=O)[C@H](OC)[C@@H]1C.CN1C(=O)c2ccccc2C1=O.COC[C@H]1O[C@@H](N2C=CC(=O)CC2=O)[C@H](OC)[C@@H]1C.COC[C@H]1O[C@@H](n2ccc(=O)[nH]c2=O)[C@H](O)[C@@H]1O.COC[C@H]1O[C@@H](n2ccc(=O)[nH]c2=O)[C@H](OC)[C@@H]1C.CO[C@@H]1[C@H](C)[C@@H](CON2C(=O)c3ccccc3C2=O)O[C@H]1N1C=CC(=O)CC1=O.CS(=O)[O-].CS(C)(=O)=O. The number of amides is 7. The molecule has 2 aromatic carbocycles. The van der Waals surface area contributed by atoms with Gasteiger partial charge in [-0.05, 0) is 55.2 Å². The van der Waals surface area contributed by atoms with Crippen LogP contribution in [-0.2, 0) is 111 Å². The molecule has 0 bridgehead atoms. The molecule has 0 aliphatic carbocycles. The first kappa shape index (κ1) is 101. The summed E-state index contributed by atoms with van der Waals surface area (Å²) in [4.78, 5) is 178. The summed E-state index contributed by atoms with van der Waals surface area (Å²) in [6, 6.07) is 15.7. The summed E-state index contributed by atoms with van der Waals surface area (Å²) in [6.07, 6.45) is 6.70. The number of aromatic nitrogens is 4. The van der Waals surface area contributed by atoms with E-state index in [1.165, 1.54) is 95.8 Å². The molecule has 4 aromatic rings. The Balaban J connectivity index is 0.000000203. The highest BCUT2D eigenvalue weighted by Gasteiger charge is 2.51. The molecule has 10 aliphatic rings. The molecule has 0 radical (unpaired) electrons. The van der Waals surface area contributed by atoms with Gasteiger partial charge in [-0.3, -0.25) is 105 Å². The fraction of sp³-hybridized carbons (Fsp3) is 0.550. The van der Waals surface area contributed by atoms with E-state index in [0.29, 0.717) is 35.5 Å². The Kier molecular flexibility index (Phi) is 37.9. The lowest BCUT2D eigenvalue weighted by atomic mass is 9.98. The number of aliphatic hydroxyl groups excluding tert-OH is 2. The fourth-order valence-corrected chi connectivity index (χ4v) is 14.6. The number of H-pyrrole nitrogens is 2. The van der Waals surface area contributed by atoms with Crippen LogP contribution in [0.3, 0.4) is 0 Å². The molecule has 0 spiro atoms. The molecule has 0 saturated carbocycles. The van der Waals surface area contributed by atoms with Gasteiger partial charge in [-0.1, -0.05) is 70.0 Å². The van der Waals surface area contributed by atoms with Crippen molar-refractivity contribution in [3.8, 4) is 0 Å². The highest BCUT2D eigenvalue weighted by molar-refractivity contribution is 7.89. The van der Waals surface area contributed by atoms with E-state index in [0.717, 1.165) is 45.8 Å². The van der Waals surface area contributed by atoms with Crippen molar-refractivity contribution in [2.45, 2.75) is 159 Å². The lowest BCUT2D eigenvalue weighted by Crippen LogP contribution is -2.45. The van der Waals surface area contributed by atoms with E-state index in [1.807, 2.05) is 32.7 Å². The van der Waals surface area contributed by atoms with Crippen molar-refractivity contribution >= 4 is 79.6 Å². The number of rotatable bonds is 19. The Morgan fingerprint density at radius 2 is 0.742 bits per heavy atom. The van der Waals surface area contributed by atoms with Gasteiger partial charge in [-0.15, -0.1) is 5.06 Å². The number of nitrogens with one attached hydrogen (secondary N) is 2. The van der Waals surface area contributed by atoms with Gasteiger partial charge in [0.05, 0.1) is 85.8 Å². The van der Waals surface area contributed by atoms with Crippen LogP contribution >= 0.6 is 0 Å². The molecular formula is C80H106N9O33S2-. The van der Waals surface area contributed by atoms with E-state index in [4.69, 9.17) is 70.4 Å². The van der Waals surface area contributed by atoms with Gasteiger partial charge in [-0.25, -0.2) is 18.0 Å². The number of aromatic amines is 2. The van der Waals surface area contributed by atoms with Crippen molar-refractivity contribution in [2.24, 2.45) is 23.7 Å². The smallest absolute Gasteiger partial charge is 0.330 e. The van der Waals surface area contributed by atoms with Crippen LogP contribution in [0.5, 0.6) is 0 Å².